The van der Waals surface area contributed by atoms with E-state index in [1.54, 1.807) is 0 Å². The average Bonchev–Trinajstić information content (AvgIpc) is 3.03. The Morgan fingerprint density at radius 3 is 2.52 bits per heavy atom. The lowest BCUT2D eigenvalue weighted by Crippen LogP contribution is -2.19. The minimum atomic E-state index is -0.579. The zero-order valence-electron chi connectivity index (χ0n) is 15.2. The Bertz CT molecular complexity index is 1140. The minimum absolute atomic E-state index is 0.579. The van der Waals surface area contributed by atoms with Crippen molar-refractivity contribution >= 4 is 22.5 Å². The quantitative estimate of drug-likeness (QED) is 0.553. The zero-order valence-corrected chi connectivity index (χ0v) is 15.2. The molecule has 4 rings (SSSR count). The predicted molar refractivity (Wildman–Crippen MR) is 109 cm³/mol. The lowest BCUT2D eigenvalue weighted by Gasteiger charge is -2.10. The molecule has 4 aromatic rings. The highest BCUT2D eigenvalue weighted by Gasteiger charge is 2.11. The van der Waals surface area contributed by atoms with E-state index in [0.29, 0.717) is 5.69 Å². The van der Waals surface area contributed by atoms with Gasteiger partial charge in [0.25, 0.3) is 0 Å². The average molecular weight is 356 g/mol. The number of nitrogens with zero attached hydrogens (tertiary/aromatic N) is 2. The molecule has 2 amide bonds. The van der Waals surface area contributed by atoms with Gasteiger partial charge in [0, 0.05) is 11.3 Å². The van der Waals surface area contributed by atoms with E-state index in [1.165, 1.54) is 16.3 Å². The lowest BCUT2D eigenvalue weighted by molar-refractivity contribution is 0.259. The first-order valence-electron chi connectivity index (χ1n) is 8.74. The Hall–Kier alpha value is -3.60. The number of rotatable bonds is 3. The van der Waals surface area contributed by atoms with Crippen molar-refractivity contribution in [2.24, 2.45) is 5.73 Å². The van der Waals surface area contributed by atoms with Crippen LogP contribution in [0, 0.1) is 13.8 Å². The third kappa shape index (κ3) is 3.27. The number of benzene rings is 3. The van der Waals surface area contributed by atoms with Gasteiger partial charge in [-0.15, -0.1) is 0 Å². The van der Waals surface area contributed by atoms with Crippen molar-refractivity contribution in [2.45, 2.75) is 13.8 Å². The highest BCUT2D eigenvalue weighted by Crippen LogP contribution is 2.29. The summed E-state index contributed by atoms with van der Waals surface area (Å²) in [4.78, 5) is 11.0. The molecule has 1 aromatic heterocycles. The molecule has 0 fully saturated rings. The normalized spacial score (nSPS) is 10.9. The molecule has 0 saturated heterocycles. The van der Waals surface area contributed by atoms with Gasteiger partial charge in [-0.1, -0.05) is 30.3 Å². The highest BCUT2D eigenvalue weighted by molar-refractivity contribution is 5.90. The number of fused-ring (bicyclic) bond motifs is 1. The van der Waals surface area contributed by atoms with Crippen molar-refractivity contribution in [2.75, 3.05) is 5.32 Å². The summed E-state index contributed by atoms with van der Waals surface area (Å²) in [6.45, 7) is 4.10. The maximum absolute atomic E-state index is 11.0. The van der Waals surface area contributed by atoms with Crippen LogP contribution in [0.5, 0.6) is 0 Å². The van der Waals surface area contributed by atoms with Gasteiger partial charge in [0.05, 0.1) is 17.1 Å². The van der Waals surface area contributed by atoms with Gasteiger partial charge in [0.1, 0.15) is 0 Å². The van der Waals surface area contributed by atoms with Crippen molar-refractivity contribution in [3.05, 3.63) is 78.0 Å². The fourth-order valence-electron chi connectivity index (χ4n) is 3.34. The van der Waals surface area contributed by atoms with E-state index >= 15 is 0 Å². The number of carbonyl (C=O) groups excluding carboxylic acids is 1. The fourth-order valence-corrected chi connectivity index (χ4v) is 3.34. The number of primary amides is 1. The second-order valence-electron chi connectivity index (χ2n) is 6.63. The van der Waals surface area contributed by atoms with Crippen LogP contribution < -0.4 is 11.1 Å². The largest absolute Gasteiger partial charge is 0.351 e. The molecule has 5 heteroatoms. The molecule has 5 nitrogen and oxygen atoms in total. The van der Waals surface area contributed by atoms with Crippen LogP contribution in [0.25, 0.3) is 27.7 Å². The second kappa shape index (κ2) is 6.61. The molecule has 0 atom stereocenters. The second-order valence-corrected chi connectivity index (χ2v) is 6.63. The van der Waals surface area contributed by atoms with Crippen LogP contribution in [0.4, 0.5) is 10.5 Å². The molecular weight excluding hydrogens is 336 g/mol. The van der Waals surface area contributed by atoms with E-state index < -0.39 is 6.03 Å². The van der Waals surface area contributed by atoms with Gasteiger partial charge in [0.15, 0.2) is 0 Å². The monoisotopic (exact) mass is 356 g/mol. The third-order valence-corrected chi connectivity index (χ3v) is 4.61. The van der Waals surface area contributed by atoms with Crippen LogP contribution in [0.15, 0.2) is 66.7 Å². The molecule has 0 radical (unpaired) electrons. The number of urea groups is 1. The van der Waals surface area contributed by atoms with Gasteiger partial charge in [-0.2, -0.15) is 5.10 Å². The molecule has 0 spiro atoms. The molecule has 3 aromatic carbocycles. The summed E-state index contributed by atoms with van der Waals surface area (Å²) in [7, 11) is 0. The first kappa shape index (κ1) is 16.8. The maximum Gasteiger partial charge on any atom is 0.316 e. The van der Waals surface area contributed by atoms with Crippen LogP contribution in [0.2, 0.25) is 0 Å². The van der Waals surface area contributed by atoms with Crippen LogP contribution in [-0.2, 0) is 0 Å². The van der Waals surface area contributed by atoms with E-state index in [2.05, 4.69) is 59.8 Å². The maximum atomic E-state index is 11.0. The number of aromatic nitrogens is 2. The molecule has 1 heterocycles. The van der Waals surface area contributed by atoms with Gasteiger partial charge in [0.2, 0.25) is 0 Å². The Morgan fingerprint density at radius 2 is 1.78 bits per heavy atom. The molecule has 0 unspecified atom stereocenters. The molecule has 0 aliphatic rings. The number of anilines is 1. The topological polar surface area (TPSA) is 72.9 Å². The third-order valence-electron chi connectivity index (χ3n) is 4.61. The Kier molecular flexibility index (Phi) is 4.12. The van der Waals surface area contributed by atoms with E-state index in [0.717, 1.165) is 22.6 Å². The summed E-state index contributed by atoms with van der Waals surface area (Å²) >= 11 is 0. The highest BCUT2D eigenvalue weighted by atomic mass is 16.2. The summed E-state index contributed by atoms with van der Waals surface area (Å²) in [5.74, 6) is 0. The summed E-state index contributed by atoms with van der Waals surface area (Å²) in [5, 5.41) is 9.68. The van der Waals surface area contributed by atoms with E-state index in [9.17, 15) is 4.79 Å². The number of nitrogens with one attached hydrogen (secondary N) is 1. The van der Waals surface area contributed by atoms with Gasteiger partial charge >= 0.3 is 6.03 Å². The first-order chi connectivity index (χ1) is 13.0. The molecule has 0 aliphatic heterocycles. The number of aryl methyl sites for hydroxylation is 2. The fraction of sp³-hybridized carbons (Fsp3) is 0.0909. The SMILES string of the molecule is Cc1cc(-c2ccc3c(C)cccc3c2)n(-c2ccc(NC(N)=O)cc2)n1. The van der Waals surface area contributed by atoms with Gasteiger partial charge in [-0.3, -0.25) is 0 Å². The van der Waals surface area contributed by atoms with Crippen molar-refractivity contribution < 1.29 is 4.79 Å². The summed E-state index contributed by atoms with van der Waals surface area (Å²) in [6, 6.07) is 21.7. The van der Waals surface area contributed by atoms with Crippen LogP contribution in [0.1, 0.15) is 11.3 Å². The molecule has 0 aliphatic carbocycles. The first-order valence-corrected chi connectivity index (χ1v) is 8.74. The standard InChI is InChI=1S/C22H20N4O/c1-14-4-3-5-16-13-17(6-11-20(14)16)21-12-15(2)25-26(21)19-9-7-18(8-10-19)24-22(23)27/h3-13H,1-2H3,(H3,23,24,27). The van der Waals surface area contributed by atoms with Crippen molar-refractivity contribution in [1.29, 1.82) is 0 Å². The van der Waals surface area contributed by atoms with Gasteiger partial charge in [-0.05, 0) is 66.6 Å². The molecule has 0 saturated carbocycles. The zero-order chi connectivity index (χ0) is 19.0. The van der Waals surface area contributed by atoms with Crippen LogP contribution >= 0.6 is 0 Å². The Balaban J connectivity index is 1.78. The van der Waals surface area contributed by atoms with Crippen molar-refractivity contribution in [3.63, 3.8) is 0 Å². The number of nitrogens with two attached hydrogens (primary N) is 1. The summed E-state index contributed by atoms with van der Waals surface area (Å²) in [5.41, 5.74) is 11.1. The van der Waals surface area contributed by atoms with Gasteiger partial charge < -0.3 is 11.1 Å². The van der Waals surface area contributed by atoms with Crippen LogP contribution in [-0.4, -0.2) is 15.8 Å². The summed E-state index contributed by atoms with van der Waals surface area (Å²) < 4.78 is 1.92. The Labute approximate surface area is 157 Å². The van der Waals surface area contributed by atoms with E-state index in [1.807, 2.05) is 35.9 Å². The lowest BCUT2D eigenvalue weighted by atomic mass is 10.0. The van der Waals surface area contributed by atoms with E-state index in [-0.39, 0.29) is 0 Å². The Morgan fingerprint density at radius 1 is 1.00 bits per heavy atom. The summed E-state index contributed by atoms with van der Waals surface area (Å²) in [6.07, 6.45) is 0. The molecule has 27 heavy (non-hydrogen) atoms. The number of carbonyl (C=O) groups is 1. The number of amides is 2. The smallest absolute Gasteiger partial charge is 0.316 e. The van der Waals surface area contributed by atoms with Gasteiger partial charge in [-0.25, -0.2) is 9.48 Å². The van der Waals surface area contributed by atoms with Crippen LogP contribution in [0.3, 0.4) is 0 Å². The molecular formula is C22H20N4O. The number of hydrogen-bond acceptors (Lipinski definition) is 2. The minimum Gasteiger partial charge on any atom is -0.351 e. The molecule has 0 bridgehead atoms. The predicted octanol–water partition coefficient (Wildman–Crippen LogP) is 4.80. The van der Waals surface area contributed by atoms with Crippen molar-refractivity contribution in [3.8, 4) is 16.9 Å². The molecule has 3 N–H and O–H groups in total. The number of hydrogen-bond donors (Lipinski definition) is 2. The van der Waals surface area contributed by atoms with E-state index in [4.69, 9.17) is 5.73 Å². The molecule has 134 valence electrons. The van der Waals surface area contributed by atoms with Crippen molar-refractivity contribution in [1.82, 2.24) is 9.78 Å².